The Bertz CT molecular complexity index is 874. The van der Waals surface area contributed by atoms with Gasteiger partial charge in [0.1, 0.15) is 5.82 Å². The van der Waals surface area contributed by atoms with Gasteiger partial charge in [0, 0.05) is 64.0 Å². The minimum atomic E-state index is 0. The zero-order valence-electron chi connectivity index (χ0n) is 18.7. The molecule has 2 aromatic rings. The minimum absolute atomic E-state index is 0. The van der Waals surface area contributed by atoms with Gasteiger partial charge < -0.3 is 20.0 Å². The summed E-state index contributed by atoms with van der Waals surface area (Å²) in [5.41, 5.74) is 1.11. The molecule has 3 rings (SSSR count). The average Bonchev–Trinajstić information content (AvgIpc) is 2.79. The molecule has 0 atom stereocenters. The zero-order chi connectivity index (χ0) is 22.1. The van der Waals surface area contributed by atoms with Gasteiger partial charge in [0.25, 0.3) is 0 Å². The van der Waals surface area contributed by atoms with Crippen molar-refractivity contribution in [2.45, 2.75) is 19.9 Å². The third kappa shape index (κ3) is 7.81. The molecule has 1 aliphatic heterocycles. The van der Waals surface area contributed by atoms with E-state index in [0.717, 1.165) is 42.0 Å². The number of benzene rings is 1. The molecule has 7 nitrogen and oxygen atoms in total. The zero-order valence-corrected chi connectivity index (χ0v) is 21.8. The standard InChI is InChI=1S/C23H31ClN6O.HI/c1-3-25-23(28(2)18-19-7-6-8-20(24)17-19)27-12-10-22(31)30-15-13-29(14-16-30)21-9-4-5-11-26-21;/h4-9,11,17H,3,10,12-16,18H2,1-2H3,(H,25,27);1H. The fourth-order valence-corrected chi connectivity index (χ4v) is 3.81. The number of anilines is 1. The second-order valence-electron chi connectivity index (χ2n) is 7.53. The number of halogens is 2. The molecule has 0 saturated carbocycles. The van der Waals surface area contributed by atoms with Crippen LogP contribution in [0, 0.1) is 0 Å². The maximum Gasteiger partial charge on any atom is 0.224 e. The number of carbonyl (C=O) groups excluding carboxylic acids is 1. The van der Waals surface area contributed by atoms with Crippen molar-refractivity contribution in [3.05, 3.63) is 59.2 Å². The van der Waals surface area contributed by atoms with Gasteiger partial charge in [-0.15, -0.1) is 24.0 Å². The van der Waals surface area contributed by atoms with Gasteiger partial charge in [-0.2, -0.15) is 0 Å². The number of hydrogen-bond acceptors (Lipinski definition) is 4. The first-order valence-corrected chi connectivity index (χ1v) is 11.1. The first-order valence-electron chi connectivity index (χ1n) is 10.7. The van der Waals surface area contributed by atoms with Crippen LogP contribution in [0.3, 0.4) is 0 Å². The second kappa shape index (κ2) is 13.5. The third-order valence-corrected chi connectivity index (χ3v) is 5.43. The van der Waals surface area contributed by atoms with Crippen molar-refractivity contribution in [1.29, 1.82) is 0 Å². The molecule has 0 radical (unpaired) electrons. The van der Waals surface area contributed by atoms with Crippen LogP contribution in [0.4, 0.5) is 5.82 Å². The Morgan fingerprint density at radius 2 is 1.97 bits per heavy atom. The van der Waals surface area contributed by atoms with Crippen LogP contribution in [0.2, 0.25) is 5.02 Å². The van der Waals surface area contributed by atoms with E-state index in [1.54, 1.807) is 6.20 Å². The number of pyridine rings is 1. The average molecular weight is 571 g/mol. The number of rotatable bonds is 7. The van der Waals surface area contributed by atoms with Crippen molar-refractivity contribution in [1.82, 2.24) is 20.1 Å². The van der Waals surface area contributed by atoms with Crippen molar-refractivity contribution in [3.63, 3.8) is 0 Å². The number of nitrogens with zero attached hydrogens (tertiary/aromatic N) is 5. The first-order chi connectivity index (χ1) is 15.1. The highest BCUT2D eigenvalue weighted by Gasteiger charge is 2.21. The second-order valence-corrected chi connectivity index (χ2v) is 7.96. The highest BCUT2D eigenvalue weighted by molar-refractivity contribution is 14.0. The quantitative estimate of drug-likeness (QED) is 0.314. The molecule has 1 N–H and O–H groups in total. The number of carbonyl (C=O) groups is 1. The Kier molecular flexibility index (Phi) is 11.0. The van der Waals surface area contributed by atoms with Gasteiger partial charge in [-0.05, 0) is 36.8 Å². The summed E-state index contributed by atoms with van der Waals surface area (Å²) >= 11 is 6.09. The molecule has 9 heteroatoms. The Hall–Kier alpha value is -2.07. The van der Waals surface area contributed by atoms with Gasteiger partial charge >= 0.3 is 0 Å². The van der Waals surface area contributed by atoms with E-state index in [-0.39, 0.29) is 29.9 Å². The summed E-state index contributed by atoms with van der Waals surface area (Å²) < 4.78 is 0. The van der Waals surface area contributed by atoms with Crippen LogP contribution in [0.25, 0.3) is 0 Å². The van der Waals surface area contributed by atoms with Crippen LogP contribution in [0.5, 0.6) is 0 Å². The maximum atomic E-state index is 12.7. The van der Waals surface area contributed by atoms with Gasteiger partial charge in [-0.3, -0.25) is 9.79 Å². The van der Waals surface area contributed by atoms with Crippen molar-refractivity contribution >= 4 is 53.3 Å². The molecule has 0 bridgehead atoms. The predicted molar refractivity (Wildman–Crippen MR) is 142 cm³/mol. The minimum Gasteiger partial charge on any atom is -0.357 e. The molecule has 1 saturated heterocycles. The van der Waals surface area contributed by atoms with E-state index in [0.29, 0.717) is 32.6 Å². The van der Waals surface area contributed by atoms with E-state index in [9.17, 15) is 4.79 Å². The van der Waals surface area contributed by atoms with Gasteiger partial charge in [0.2, 0.25) is 5.91 Å². The highest BCUT2D eigenvalue weighted by Crippen LogP contribution is 2.14. The number of hydrogen-bond donors (Lipinski definition) is 1. The van der Waals surface area contributed by atoms with Gasteiger partial charge in [0.15, 0.2) is 5.96 Å². The number of amides is 1. The molecule has 0 unspecified atom stereocenters. The van der Waals surface area contributed by atoms with Crippen molar-refractivity contribution in [2.75, 3.05) is 51.2 Å². The largest absolute Gasteiger partial charge is 0.357 e. The SMILES string of the molecule is CCNC(=NCCC(=O)N1CCN(c2ccccn2)CC1)N(C)Cc1cccc(Cl)c1.I. The van der Waals surface area contributed by atoms with Crippen LogP contribution in [-0.4, -0.2) is 73.0 Å². The molecule has 174 valence electrons. The molecule has 1 fully saturated rings. The van der Waals surface area contributed by atoms with E-state index in [4.69, 9.17) is 11.6 Å². The number of nitrogens with one attached hydrogen (secondary N) is 1. The first kappa shape index (κ1) is 26.2. The molecule has 0 aliphatic carbocycles. The summed E-state index contributed by atoms with van der Waals surface area (Å²) in [5.74, 6) is 1.91. The molecule has 1 aromatic heterocycles. The Balaban J connectivity index is 0.00000363. The van der Waals surface area contributed by atoms with Crippen molar-refractivity contribution < 1.29 is 4.79 Å². The number of aliphatic imine (C=N–C) groups is 1. The number of piperazine rings is 1. The molecule has 0 spiro atoms. The summed E-state index contributed by atoms with van der Waals surface area (Å²) in [7, 11) is 1.99. The van der Waals surface area contributed by atoms with Crippen molar-refractivity contribution in [2.24, 2.45) is 4.99 Å². The number of guanidine groups is 1. The van der Waals surface area contributed by atoms with Gasteiger partial charge in [-0.25, -0.2) is 4.98 Å². The lowest BCUT2D eigenvalue weighted by atomic mass is 10.2. The van der Waals surface area contributed by atoms with E-state index in [1.807, 2.05) is 66.2 Å². The highest BCUT2D eigenvalue weighted by atomic mass is 127. The lowest BCUT2D eigenvalue weighted by molar-refractivity contribution is -0.131. The molecule has 2 heterocycles. The van der Waals surface area contributed by atoms with Crippen molar-refractivity contribution in [3.8, 4) is 0 Å². The molecule has 32 heavy (non-hydrogen) atoms. The van der Waals surface area contributed by atoms with Crippen LogP contribution < -0.4 is 10.2 Å². The molecule has 1 aliphatic rings. The van der Waals surface area contributed by atoms with E-state index in [1.165, 1.54) is 0 Å². The molecular formula is C23H32ClIN6O. The topological polar surface area (TPSA) is 64.1 Å². The third-order valence-electron chi connectivity index (χ3n) is 5.20. The summed E-state index contributed by atoms with van der Waals surface area (Å²) in [6.07, 6.45) is 2.21. The lowest BCUT2D eigenvalue weighted by Crippen LogP contribution is -2.49. The lowest BCUT2D eigenvalue weighted by Gasteiger charge is -2.35. The fourth-order valence-electron chi connectivity index (χ4n) is 3.60. The summed E-state index contributed by atoms with van der Waals surface area (Å²) in [6, 6.07) is 13.7. The summed E-state index contributed by atoms with van der Waals surface area (Å²) in [6.45, 7) is 6.99. The number of aromatic nitrogens is 1. The molecule has 1 amide bonds. The monoisotopic (exact) mass is 570 g/mol. The smallest absolute Gasteiger partial charge is 0.224 e. The Morgan fingerprint density at radius 3 is 2.62 bits per heavy atom. The van der Waals surface area contributed by atoms with Gasteiger partial charge in [-0.1, -0.05) is 29.8 Å². The normalized spacial score (nSPS) is 14.0. The van der Waals surface area contributed by atoms with E-state index in [2.05, 4.69) is 20.2 Å². The fraction of sp³-hybridized carbons (Fsp3) is 0.435. The van der Waals surface area contributed by atoms with Crippen LogP contribution in [-0.2, 0) is 11.3 Å². The summed E-state index contributed by atoms with van der Waals surface area (Å²) in [4.78, 5) is 27.9. The predicted octanol–water partition coefficient (Wildman–Crippen LogP) is 3.49. The molecular weight excluding hydrogens is 539 g/mol. The summed E-state index contributed by atoms with van der Waals surface area (Å²) in [5, 5.41) is 4.02. The van der Waals surface area contributed by atoms with Crippen LogP contribution in [0.1, 0.15) is 18.9 Å². The van der Waals surface area contributed by atoms with E-state index < -0.39 is 0 Å². The van der Waals surface area contributed by atoms with E-state index >= 15 is 0 Å². The molecule has 1 aromatic carbocycles. The maximum absolute atomic E-state index is 12.7. The van der Waals surface area contributed by atoms with Crippen LogP contribution >= 0.6 is 35.6 Å². The Morgan fingerprint density at radius 1 is 1.19 bits per heavy atom. The van der Waals surface area contributed by atoms with Crippen LogP contribution in [0.15, 0.2) is 53.7 Å². The Labute approximate surface area is 212 Å². The van der Waals surface area contributed by atoms with Gasteiger partial charge in [0.05, 0.1) is 6.54 Å².